The number of cyclic esters (lactones) is 1. The van der Waals surface area contributed by atoms with Gasteiger partial charge >= 0.3 is 5.97 Å². The molecule has 0 bridgehead atoms. The summed E-state index contributed by atoms with van der Waals surface area (Å²) in [6, 6.07) is 9.51. The van der Waals surface area contributed by atoms with Crippen LogP contribution in [-0.4, -0.2) is 18.9 Å². The van der Waals surface area contributed by atoms with E-state index in [9.17, 15) is 9.59 Å². The summed E-state index contributed by atoms with van der Waals surface area (Å²) in [4.78, 5) is 27.7. The molecule has 0 unspecified atom stereocenters. The Hall–Kier alpha value is -2.66. The first kappa shape index (κ1) is 18.7. The number of methoxy groups -OCH3 is 1. The smallest absolute Gasteiger partial charge is 0.334 e. The summed E-state index contributed by atoms with van der Waals surface area (Å²) < 4.78 is 11.0. The second-order valence-electron chi connectivity index (χ2n) is 7.10. The number of unbranched alkanes of at least 4 members (excludes halogenated alkanes) is 1. The molecule has 5 heteroatoms. The highest BCUT2D eigenvalue weighted by Crippen LogP contribution is 2.56. The summed E-state index contributed by atoms with van der Waals surface area (Å²) in [5.41, 5.74) is 1.99. The lowest BCUT2D eigenvalue weighted by molar-refractivity contribution is -0.148. The van der Waals surface area contributed by atoms with Crippen LogP contribution in [0.1, 0.15) is 49.1 Å². The van der Waals surface area contributed by atoms with Gasteiger partial charge in [-0.1, -0.05) is 25.5 Å². The Balaban J connectivity index is 2.08. The first-order chi connectivity index (χ1) is 13.5. The third kappa shape index (κ3) is 2.57. The zero-order valence-electron chi connectivity index (χ0n) is 16.2. The molecule has 2 aromatic rings. The van der Waals surface area contributed by atoms with Gasteiger partial charge in [-0.2, -0.15) is 0 Å². The van der Waals surface area contributed by atoms with Gasteiger partial charge in [0.15, 0.2) is 11.2 Å². The second kappa shape index (κ2) is 7.06. The van der Waals surface area contributed by atoms with Crippen LogP contribution < -0.4 is 4.74 Å². The van der Waals surface area contributed by atoms with Gasteiger partial charge in [-0.05, 0) is 60.0 Å². The molecule has 1 aromatic heterocycles. The molecule has 2 heterocycles. The van der Waals surface area contributed by atoms with E-state index in [0.717, 1.165) is 40.8 Å². The number of thiophene rings is 1. The quantitative estimate of drug-likeness (QED) is 0.521. The maximum Gasteiger partial charge on any atom is 0.334 e. The molecule has 28 heavy (non-hydrogen) atoms. The third-order valence-corrected chi connectivity index (χ3v) is 6.33. The van der Waals surface area contributed by atoms with Crippen molar-refractivity contribution in [1.82, 2.24) is 0 Å². The van der Waals surface area contributed by atoms with Crippen molar-refractivity contribution in [2.45, 2.75) is 38.5 Å². The van der Waals surface area contributed by atoms with Crippen LogP contribution in [0.4, 0.5) is 0 Å². The minimum absolute atomic E-state index is 0.234. The first-order valence-corrected chi connectivity index (χ1v) is 10.3. The molecule has 0 amide bonds. The van der Waals surface area contributed by atoms with Crippen molar-refractivity contribution in [3.8, 4) is 5.75 Å². The normalized spacial score (nSPS) is 21.0. The Labute approximate surface area is 168 Å². The predicted octanol–water partition coefficient (Wildman–Crippen LogP) is 5.14. The van der Waals surface area contributed by atoms with E-state index in [1.54, 1.807) is 31.4 Å². The van der Waals surface area contributed by atoms with E-state index in [1.807, 2.05) is 29.6 Å². The number of ether oxygens (including phenoxy) is 2. The molecule has 0 radical (unpaired) electrons. The molecule has 1 aliphatic carbocycles. The van der Waals surface area contributed by atoms with Gasteiger partial charge in [0.25, 0.3) is 0 Å². The van der Waals surface area contributed by atoms with E-state index < -0.39 is 11.4 Å². The first-order valence-electron chi connectivity index (χ1n) is 9.45. The Kier molecular flexibility index (Phi) is 4.71. The summed E-state index contributed by atoms with van der Waals surface area (Å²) in [6.07, 6.45) is 4.22. The van der Waals surface area contributed by atoms with Crippen LogP contribution in [-0.2, 0) is 19.7 Å². The minimum atomic E-state index is -1.44. The van der Waals surface area contributed by atoms with Gasteiger partial charge in [0.1, 0.15) is 11.5 Å². The molecular weight excluding hydrogens is 372 g/mol. The topological polar surface area (TPSA) is 52.6 Å². The van der Waals surface area contributed by atoms with E-state index in [2.05, 4.69) is 6.92 Å². The zero-order chi connectivity index (χ0) is 19.9. The summed E-state index contributed by atoms with van der Waals surface area (Å²) in [6.45, 7) is 3.77. The highest BCUT2D eigenvalue weighted by molar-refractivity contribution is 7.11. The lowest BCUT2D eigenvalue weighted by Gasteiger charge is -2.32. The third-order valence-electron chi connectivity index (χ3n) is 5.44. The number of benzene rings is 1. The molecule has 0 saturated heterocycles. The Morgan fingerprint density at radius 1 is 1.21 bits per heavy atom. The van der Waals surface area contributed by atoms with E-state index in [-0.39, 0.29) is 5.78 Å². The van der Waals surface area contributed by atoms with E-state index in [0.29, 0.717) is 17.1 Å². The van der Waals surface area contributed by atoms with Gasteiger partial charge in [-0.15, -0.1) is 11.3 Å². The SMILES string of the molecule is CCCCC1=C(c2cccs2)[C@@]2(C(=O)C=C(C)OC2=O)c2ccc(OC)cc21. The maximum absolute atomic E-state index is 13.4. The molecule has 144 valence electrons. The number of carbonyl (C=O) groups excluding carboxylic acids is 2. The number of allylic oxidation sites excluding steroid dienone is 3. The van der Waals surface area contributed by atoms with Crippen LogP contribution in [0.5, 0.6) is 5.75 Å². The maximum atomic E-state index is 13.4. The summed E-state index contributed by atoms with van der Waals surface area (Å²) >= 11 is 1.54. The summed E-state index contributed by atoms with van der Waals surface area (Å²) in [7, 11) is 1.62. The summed E-state index contributed by atoms with van der Waals surface area (Å²) in [5, 5.41) is 1.97. The van der Waals surface area contributed by atoms with Crippen molar-refractivity contribution in [1.29, 1.82) is 0 Å². The Bertz CT molecular complexity index is 1010. The molecule has 1 atom stereocenters. The number of fused-ring (bicyclic) bond motifs is 2. The molecule has 0 fully saturated rings. The average molecular weight is 394 g/mol. The van der Waals surface area contributed by atoms with Gasteiger partial charge in [-0.25, -0.2) is 4.79 Å². The Morgan fingerprint density at radius 2 is 2.04 bits per heavy atom. The molecule has 1 aliphatic heterocycles. The molecule has 0 N–H and O–H groups in total. The van der Waals surface area contributed by atoms with Crippen LogP contribution in [0.3, 0.4) is 0 Å². The molecule has 1 spiro atoms. The van der Waals surface area contributed by atoms with Gasteiger partial charge < -0.3 is 9.47 Å². The predicted molar refractivity (Wildman–Crippen MR) is 110 cm³/mol. The fourth-order valence-electron chi connectivity index (χ4n) is 4.20. The standard InChI is InChI=1S/C23H22O4S/c1-4-5-7-16-17-13-15(26-3)9-10-18(17)23(21(16)19-8-6-11-28-19)20(24)12-14(2)27-22(23)25/h6,8-13H,4-5,7H2,1-3H3/t23-/m0/s1. The minimum Gasteiger partial charge on any atom is -0.497 e. The molecular formula is C23H22O4S. The summed E-state index contributed by atoms with van der Waals surface area (Å²) in [5.74, 6) is 0.295. The number of carbonyl (C=O) groups is 2. The molecule has 0 saturated carbocycles. The second-order valence-corrected chi connectivity index (χ2v) is 8.05. The van der Waals surface area contributed by atoms with Gasteiger partial charge in [0, 0.05) is 16.5 Å². The largest absolute Gasteiger partial charge is 0.497 e. The highest BCUT2D eigenvalue weighted by Gasteiger charge is 2.59. The van der Waals surface area contributed by atoms with Crippen LogP contribution in [0.15, 0.2) is 47.5 Å². The Morgan fingerprint density at radius 3 is 2.68 bits per heavy atom. The molecule has 2 aliphatic rings. The lowest BCUT2D eigenvalue weighted by atomic mass is 9.71. The fourth-order valence-corrected chi connectivity index (χ4v) is 5.06. The molecule has 4 rings (SSSR count). The van der Waals surface area contributed by atoms with Crippen LogP contribution >= 0.6 is 11.3 Å². The molecule has 4 nitrogen and oxygen atoms in total. The van der Waals surface area contributed by atoms with Crippen LogP contribution in [0.25, 0.3) is 11.1 Å². The number of rotatable bonds is 5. The number of esters is 1. The van der Waals surface area contributed by atoms with Crippen LogP contribution in [0.2, 0.25) is 0 Å². The van der Waals surface area contributed by atoms with Crippen LogP contribution in [0, 0.1) is 0 Å². The monoisotopic (exact) mass is 394 g/mol. The average Bonchev–Trinajstić information content (AvgIpc) is 3.29. The van der Waals surface area contributed by atoms with E-state index in [1.165, 1.54) is 6.08 Å². The van der Waals surface area contributed by atoms with Gasteiger partial charge in [0.2, 0.25) is 0 Å². The van der Waals surface area contributed by atoms with E-state index in [4.69, 9.17) is 9.47 Å². The van der Waals surface area contributed by atoms with Gasteiger partial charge in [0.05, 0.1) is 7.11 Å². The van der Waals surface area contributed by atoms with Crippen molar-refractivity contribution < 1.29 is 19.1 Å². The fraction of sp³-hybridized carbons (Fsp3) is 0.304. The number of ketones is 1. The zero-order valence-corrected chi connectivity index (χ0v) is 17.0. The lowest BCUT2D eigenvalue weighted by Crippen LogP contribution is -2.46. The highest BCUT2D eigenvalue weighted by atomic mass is 32.1. The van der Waals surface area contributed by atoms with Crippen molar-refractivity contribution >= 4 is 34.2 Å². The number of hydrogen-bond acceptors (Lipinski definition) is 5. The van der Waals surface area contributed by atoms with Gasteiger partial charge in [-0.3, -0.25) is 4.79 Å². The van der Waals surface area contributed by atoms with Crippen molar-refractivity contribution in [3.63, 3.8) is 0 Å². The van der Waals surface area contributed by atoms with E-state index >= 15 is 0 Å². The molecule has 1 aromatic carbocycles. The number of hydrogen-bond donors (Lipinski definition) is 0. The van der Waals surface area contributed by atoms with Crippen molar-refractivity contribution in [2.75, 3.05) is 7.11 Å². The van der Waals surface area contributed by atoms with Crippen molar-refractivity contribution in [3.05, 3.63) is 63.6 Å². The van der Waals surface area contributed by atoms with Crippen molar-refractivity contribution in [2.24, 2.45) is 0 Å².